The van der Waals surface area contributed by atoms with Crippen LogP contribution in [-0.2, 0) is 9.59 Å². The van der Waals surface area contributed by atoms with Gasteiger partial charge in [-0.2, -0.15) is 0 Å². The third kappa shape index (κ3) is 8.59. The van der Waals surface area contributed by atoms with Gasteiger partial charge in [-0.1, -0.05) is 34.1 Å². The van der Waals surface area contributed by atoms with Gasteiger partial charge >= 0.3 is 5.97 Å². The second-order valence-electron chi connectivity index (χ2n) is 5.79. The fraction of sp³-hybridized carbons (Fsp3) is 0.857. The molecule has 0 aliphatic carbocycles. The Bertz CT molecular complexity index is 292. The van der Waals surface area contributed by atoms with E-state index in [0.29, 0.717) is 24.7 Å². The van der Waals surface area contributed by atoms with Gasteiger partial charge in [-0.3, -0.25) is 9.59 Å². The van der Waals surface area contributed by atoms with Crippen molar-refractivity contribution in [3.05, 3.63) is 0 Å². The van der Waals surface area contributed by atoms with Crippen LogP contribution in [0.5, 0.6) is 0 Å². The van der Waals surface area contributed by atoms with Gasteiger partial charge in [-0.05, 0) is 24.7 Å². The largest absolute Gasteiger partial charge is 0.481 e. The molecule has 0 radical (unpaired) electrons. The second kappa shape index (κ2) is 8.91. The Balaban J connectivity index is 4.44. The van der Waals surface area contributed by atoms with Gasteiger partial charge in [0.1, 0.15) is 0 Å². The molecule has 0 bridgehead atoms. The maximum atomic E-state index is 11.9. The molecular formula is C14H28N2O3. The first-order valence-electron chi connectivity index (χ1n) is 7.03. The summed E-state index contributed by atoms with van der Waals surface area (Å²) in [6, 6.07) is -0.897. The lowest BCUT2D eigenvalue weighted by atomic mass is 9.96. The number of nitrogens with one attached hydrogen (secondary N) is 1. The Morgan fingerprint density at radius 1 is 1.21 bits per heavy atom. The minimum Gasteiger partial charge on any atom is -0.481 e. The number of carbonyl (C=O) groups excluding carboxylic acids is 1. The van der Waals surface area contributed by atoms with Crippen LogP contribution in [0.4, 0.5) is 0 Å². The Hall–Kier alpha value is -1.10. The first-order chi connectivity index (χ1) is 8.76. The lowest BCUT2D eigenvalue weighted by Crippen LogP contribution is -2.47. The van der Waals surface area contributed by atoms with Crippen molar-refractivity contribution in [3.63, 3.8) is 0 Å². The van der Waals surface area contributed by atoms with Crippen molar-refractivity contribution >= 4 is 11.9 Å². The molecule has 3 atom stereocenters. The molecule has 0 heterocycles. The summed E-state index contributed by atoms with van der Waals surface area (Å²) in [5.41, 5.74) is 5.80. The highest BCUT2D eigenvalue weighted by Gasteiger charge is 2.22. The predicted octanol–water partition coefficient (Wildman–Crippen LogP) is 1.76. The number of nitrogens with two attached hydrogens (primary N) is 1. The highest BCUT2D eigenvalue weighted by atomic mass is 16.4. The van der Waals surface area contributed by atoms with E-state index in [4.69, 9.17) is 10.8 Å². The molecule has 0 spiro atoms. The fourth-order valence-corrected chi connectivity index (χ4v) is 1.98. The number of carboxylic acid groups (broad SMARTS) is 1. The van der Waals surface area contributed by atoms with E-state index in [1.165, 1.54) is 0 Å². The van der Waals surface area contributed by atoms with Gasteiger partial charge in [0, 0.05) is 6.04 Å². The number of aliphatic carboxylic acids is 1. The van der Waals surface area contributed by atoms with Gasteiger partial charge in [-0.25, -0.2) is 0 Å². The summed E-state index contributed by atoms with van der Waals surface area (Å²) in [5.74, 6) is -0.423. The monoisotopic (exact) mass is 272 g/mol. The van der Waals surface area contributed by atoms with Crippen molar-refractivity contribution in [3.8, 4) is 0 Å². The molecule has 0 saturated heterocycles. The maximum absolute atomic E-state index is 11.9. The highest BCUT2D eigenvalue weighted by Crippen LogP contribution is 2.13. The number of hydrogen-bond donors (Lipinski definition) is 3. The number of carbonyl (C=O) groups is 2. The second-order valence-corrected chi connectivity index (χ2v) is 5.79. The molecule has 0 fully saturated rings. The molecule has 1 amide bonds. The molecule has 0 aromatic carbocycles. The van der Waals surface area contributed by atoms with Crippen LogP contribution in [0.25, 0.3) is 0 Å². The van der Waals surface area contributed by atoms with Crippen LogP contribution < -0.4 is 11.1 Å². The quantitative estimate of drug-likeness (QED) is 0.596. The van der Waals surface area contributed by atoms with Crippen LogP contribution in [0.15, 0.2) is 0 Å². The van der Waals surface area contributed by atoms with Gasteiger partial charge in [0.25, 0.3) is 0 Å². The molecule has 0 aliphatic rings. The molecule has 5 heteroatoms. The Kier molecular flexibility index (Phi) is 8.39. The zero-order valence-electron chi connectivity index (χ0n) is 12.5. The van der Waals surface area contributed by atoms with Crippen molar-refractivity contribution in [2.45, 2.75) is 65.5 Å². The molecule has 0 unspecified atom stereocenters. The molecular weight excluding hydrogens is 244 g/mol. The van der Waals surface area contributed by atoms with Gasteiger partial charge in [0.05, 0.1) is 12.5 Å². The molecule has 0 aromatic rings. The average Bonchev–Trinajstić information content (AvgIpc) is 2.26. The van der Waals surface area contributed by atoms with Crippen LogP contribution >= 0.6 is 0 Å². The highest BCUT2D eigenvalue weighted by molar-refractivity contribution is 5.82. The number of amides is 1. The molecule has 0 saturated carbocycles. The summed E-state index contributed by atoms with van der Waals surface area (Å²) < 4.78 is 0. The van der Waals surface area contributed by atoms with E-state index in [2.05, 4.69) is 19.2 Å². The van der Waals surface area contributed by atoms with Gasteiger partial charge < -0.3 is 16.2 Å². The molecule has 0 rings (SSSR count). The summed E-state index contributed by atoms with van der Waals surface area (Å²) in [6.45, 7) is 8.10. The van der Waals surface area contributed by atoms with E-state index in [0.717, 1.165) is 6.42 Å². The third-order valence-electron chi connectivity index (χ3n) is 3.21. The SMILES string of the molecule is CC[C@@H](C)C[C@@H](CC(=O)O)NC(=O)[C@@H](N)CC(C)C. The maximum Gasteiger partial charge on any atom is 0.305 e. The predicted molar refractivity (Wildman–Crippen MR) is 75.7 cm³/mol. The molecule has 112 valence electrons. The topological polar surface area (TPSA) is 92.4 Å². The lowest BCUT2D eigenvalue weighted by Gasteiger charge is -2.22. The first kappa shape index (κ1) is 17.9. The minimum absolute atomic E-state index is 0.0511. The van der Waals surface area contributed by atoms with Gasteiger partial charge in [0.15, 0.2) is 0 Å². The first-order valence-corrected chi connectivity index (χ1v) is 7.03. The zero-order valence-corrected chi connectivity index (χ0v) is 12.5. The van der Waals surface area contributed by atoms with Gasteiger partial charge in [-0.15, -0.1) is 0 Å². The smallest absolute Gasteiger partial charge is 0.305 e. The summed E-state index contributed by atoms with van der Waals surface area (Å²) in [6.07, 6.45) is 2.19. The molecule has 0 aromatic heterocycles. The van der Waals surface area contributed by atoms with Crippen molar-refractivity contribution < 1.29 is 14.7 Å². The standard InChI is InChI=1S/C14H28N2O3/c1-5-10(4)7-11(8-13(17)18)16-14(19)12(15)6-9(2)3/h9-12H,5-8,15H2,1-4H3,(H,16,19)(H,17,18)/t10-,11+,12+/m1/s1. The van der Waals surface area contributed by atoms with Crippen LogP contribution in [0.2, 0.25) is 0 Å². The van der Waals surface area contributed by atoms with E-state index in [1.807, 2.05) is 13.8 Å². The molecule has 5 nitrogen and oxygen atoms in total. The van der Waals surface area contributed by atoms with Crippen molar-refractivity contribution in [1.82, 2.24) is 5.32 Å². The van der Waals surface area contributed by atoms with Crippen LogP contribution in [0.1, 0.15) is 53.4 Å². The zero-order chi connectivity index (χ0) is 15.0. The van der Waals surface area contributed by atoms with Crippen LogP contribution in [0.3, 0.4) is 0 Å². The van der Waals surface area contributed by atoms with E-state index in [-0.39, 0.29) is 18.4 Å². The minimum atomic E-state index is -0.897. The van der Waals surface area contributed by atoms with Crippen molar-refractivity contribution in [2.75, 3.05) is 0 Å². The van der Waals surface area contributed by atoms with Crippen LogP contribution in [0, 0.1) is 11.8 Å². The third-order valence-corrected chi connectivity index (χ3v) is 3.21. The Morgan fingerprint density at radius 3 is 2.21 bits per heavy atom. The molecule has 19 heavy (non-hydrogen) atoms. The number of rotatable bonds is 9. The summed E-state index contributed by atoms with van der Waals surface area (Å²) >= 11 is 0. The van der Waals surface area contributed by atoms with E-state index in [1.54, 1.807) is 0 Å². The Labute approximate surface area is 115 Å². The lowest BCUT2D eigenvalue weighted by molar-refractivity contribution is -0.137. The van der Waals surface area contributed by atoms with E-state index >= 15 is 0 Å². The van der Waals surface area contributed by atoms with Crippen LogP contribution in [-0.4, -0.2) is 29.1 Å². The summed E-state index contributed by atoms with van der Waals surface area (Å²) in [7, 11) is 0. The number of carboxylic acids is 1. The van der Waals surface area contributed by atoms with Gasteiger partial charge in [0.2, 0.25) is 5.91 Å². The molecule has 0 aliphatic heterocycles. The fourth-order valence-electron chi connectivity index (χ4n) is 1.98. The van der Waals surface area contributed by atoms with E-state index in [9.17, 15) is 9.59 Å². The molecule has 4 N–H and O–H groups in total. The normalized spacial score (nSPS) is 15.9. The van der Waals surface area contributed by atoms with Crippen molar-refractivity contribution in [1.29, 1.82) is 0 Å². The Morgan fingerprint density at radius 2 is 1.79 bits per heavy atom. The summed E-state index contributed by atoms with van der Waals surface area (Å²) in [4.78, 5) is 22.7. The van der Waals surface area contributed by atoms with Crippen molar-refractivity contribution in [2.24, 2.45) is 17.6 Å². The summed E-state index contributed by atoms with van der Waals surface area (Å²) in [5, 5.41) is 11.7. The van der Waals surface area contributed by atoms with E-state index < -0.39 is 12.0 Å². The number of hydrogen-bond acceptors (Lipinski definition) is 3. The average molecular weight is 272 g/mol.